The van der Waals surface area contributed by atoms with Crippen LogP contribution in [0.25, 0.3) is 0 Å². The molecule has 0 heterocycles. The number of phenolic OH excluding ortho intramolecular Hbond substituents is 2. The molecule has 0 saturated carbocycles. The number of hydrogen-bond donors (Lipinski definition) is 7. The van der Waals surface area contributed by atoms with Gasteiger partial charge < -0.3 is 37.0 Å². The van der Waals surface area contributed by atoms with E-state index >= 15 is 0 Å². The van der Waals surface area contributed by atoms with Crippen LogP contribution in [0.15, 0.2) is 48.5 Å². The second kappa shape index (κ2) is 12.2. The summed E-state index contributed by atoms with van der Waals surface area (Å²) in [6.45, 7) is 0.782. The maximum Gasteiger partial charge on any atom is 0.322 e. The zero-order valence-electron chi connectivity index (χ0n) is 18.5. The number of carboxylic acid groups (broad SMARTS) is 1. The summed E-state index contributed by atoms with van der Waals surface area (Å²) < 4.78 is 0. The molecule has 0 bridgehead atoms. The van der Waals surface area contributed by atoms with Crippen molar-refractivity contribution in [3.8, 4) is 11.5 Å². The highest BCUT2D eigenvalue weighted by Crippen LogP contribution is 2.13. The van der Waals surface area contributed by atoms with Crippen LogP contribution in [-0.4, -0.2) is 63.7 Å². The van der Waals surface area contributed by atoms with E-state index in [1.807, 2.05) is 0 Å². The van der Waals surface area contributed by atoms with Crippen molar-refractivity contribution in [2.24, 2.45) is 5.73 Å². The SMILES string of the molecule is CC(NC(=O)C(Cc1ccc(O)cc1)NC(=O)C(N)Cc1ccc(O)cc1)C(=O)NCC(=O)O. The van der Waals surface area contributed by atoms with Gasteiger partial charge >= 0.3 is 5.97 Å². The Balaban J connectivity index is 2.09. The monoisotopic (exact) mass is 472 g/mol. The molecule has 0 radical (unpaired) electrons. The number of benzene rings is 2. The third-order valence-corrected chi connectivity index (χ3v) is 4.90. The summed E-state index contributed by atoms with van der Waals surface area (Å²) >= 11 is 0. The lowest BCUT2D eigenvalue weighted by molar-refractivity contribution is -0.138. The van der Waals surface area contributed by atoms with E-state index in [-0.39, 0.29) is 24.3 Å². The third-order valence-electron chi connectivity index (χ3n) is 4.90. The van der Waals surface area contributed by atoms with Crippen LogP contribution in [0.1, 0.15) is 18.1 Å². The smallest absolute Gasteiger partial charge is 0.322 e. The summed E-state index contributed by atoms with van der Waals surface area (Å²) in [6.07, 6.45) is 0.209. The first-order chi connectivity index (χ1) is 16.0. The maximum atomic E-state index is 12.9. The Morgan fingerprint density at radius 1 is 0.794 bits per heavy atom. The molecule has 11 nitrogen and oxygen atoms in total. The highest BCUT2D eigenvalue weighted by molar-refractivity contribution is 5.93. The van der Waals surface area contributed by atoms with Gasteiger partial charge in [0.15, 0.2) is 0 Å². The summed E-state index contributed by atoms with van der Waals surface area (Å²) in [6, 6.07) is 9.08. The highest BCUT2D eigenvalue weighted by atomic mass is 16.4. The minimum atomic E-state index is -1.23. The standard InChI is InChI=1S/C23H28N4O7/c1-13(21(32)25-12-20(30)31)26-23(34)19(11-15-4-8-17(29)9-5-15)27-22(33)18(24)10-14-2-6-16(28)7-3-14/h2-9,13,18-19,28-29H,10-12,24H2,1H3,(H,25,32)(H,26,34)(H,27,33)(H,30,31). The van der Waals surface area contributed by atoms with Crippen molar-refractivity contribution in [1.29, 1.82) is 0 Å². The van der Waals surface area contributed by atoms with Crippen LogP contribution < -0.4 is 21.7 Å². The fourth-order valence-corrected chi connectivity index (χ4v) is 3.03. The molecular weight excluding hydrogens is 444 g/mol. The second-order valence-electron chi connectivity index (χ2n) is 7.75. The summed E-state index contributed by atoms with van der Waals surface area (Å²) in [5, 5.41) is 34.8. The average molecular weight is 472 g/mol. The van der Waals surface area contributed by atoms with E-state index in [4.69, 9.17) is 10.8 Å². The van der Waals surface area contributed by atoms with E-state index < -0.39 is 48.4 Å². The topological polar surface area (TPSA) is 191 Å². The maximum absolute atomic E-state index is 12.9. The predicted octanol–water partition coefficient (Wildman–Crippen LogP) is -0.599. The number of nitrogens with one attached hydrogen (secondary N) is 3. The fourth-order valence-electron chi connectivity index (χ4n) is 3.03. The molecule has 3 amide bonds. The Morgan fingerprint density at radius 2 is 1.29 bits per heavy atom. The number of aliphatic carboxylic acids is 1. The first-order valence-electron chi connectivity index (χ1n) is 10.5. The van der Waals surface area contributed by atoms with Crippen molar-refractivity contribution in [1.82, 2.24) is 16.0 Å². The molecule has 11 heteroatoms. The molecule has 0 aliphatic rings. The van der Waals surface area contributed by atoms with Crippen molar-refractivity contribution < 1.29 is 34.5 Å². The van der Waals surface area contributed by atoms with Gasteiger partial charge in [-0.15, -0.1) is 0 Å². The predicted molar refractivity (Wildman–Crippen MR) is 122 cm³/mol. The lowest BCUT2D eigenvalue weighted by Gasteiger charge is -2.23. The number of carboxylic acids is 1. The lowest BCUT2D eigenvalue weighted by atomic mass is 10.0. The Bertz CT molecular complexity index is 1010. The number of carbonyl (C=O) groups is 4. The number of nitrogens with two attached hydrogens (primary N) is 1. The molecule has 2 rings (SSSR count). The van der Waals surface area contributed by atoms with Gasteiger partial charge in [0, 0.05) is 6.42 Å². The summed E-state index contributed by atoms with van der Waals surface area (Å²) in [4.78, 5) is 48.2. The van der Waals surface area contributed by atoms with Crippen LogP contribution in [-0.2, 0) is 32.0 Å². The van der Waals surface area contributed by atoms with Gasteiger partial charge in [-0.25, -0.2) is 0 Å². The van der Waals surface area contributed by atoms with Crippen LogP contribution >= 0.6 is 0 Å². The van der Waals surface area contributed by atoms with E-state index in [2.05, 4.69) is 16.0 Å². The Hall–Kier alpha value is -4.12. The van der Waals surface area contributed by atoms with Gasteiger partial charge in [-0.05, 0) is 48.7 Å². The first kappa shape index (κ1) is 26.1. The highest BCUT2D eigenvalue weighted by Gasteiger charge is 2.27. The number of carbonyl (C=O) groups excluding carboxylic acids is 3. The zero-order chi connectivity index (χ0) is 25.3. The van der Waals surface area contributed by atoms with Gasteiger partial charge in [0.1, 0.15) is 30.1 Å². The molecule has 0 spiro atoms. The number of amides is 3. The van der Waals surface area contributed by atoms with Gasteiger partial charge in [0.25, 0.3) is 0 Å². The normalized spacial score (nSPS) is 13.2. The average Bonchev–Trinajstić information content (AvgIpc) is 2.79. The third kappa shape index (κ3) is 8.43. The molecule has 8 N–H and O–H groups in total. The van der Waals surface area contributed by atoms with Crippen LogP contribution in [0, 0.1) is 0 Å². The van der Waals surface area contributed by atoms with Crippen LogP contribution in [0.4, 0.5) is 0 Å². The van der Waals surface area contributed by atoms with Gasteiger partial charge in [-0.2, -0.15) is 0 Å². The molecule has 2 aromatic rings. The molecule has 2 aromatic carbocycles. The Morgan fingerprint density at radius 3 is 1.79 bits per heavy atom. The molecule has 0 fully saturated rings. The zero-order valence-corrected chi connectivity index (χ0v) is 18.5. The van der Waals surface area contributed by atoms with E-state index in [1.165, 1.54) is 31.2 Å². The van der Waals surface area contributed by atoms with Crippen LogP contribution in [0.2, 0.25) is 0 Å². The summed E-state index contributed by atoms with van der Waals surface area (Å²) in [7, 11) is 0. The fraction of sp³-hybridized carbons (Fsp3) is 0.304. The molecule has 0 aromatic heterocycles. The quantitative estimate of drug-likeness (QED) is 0.225. The van der Waals surface area contributed by atoms with Crippen molar-refractivity contribution in [3.63, 3.8) is 0 Å². The minimum absolute atomic E-state index is 0.0356. The van der Waals surface area contributed by atoms with E-state index in [9.17, 15) is 29.4 Å². The number of rotatable bonds is 11. The molecule has 3 atom stereocenters. The van der Waals surface area contributed by atoms with Gasteiger partial charge in [0.2, 0.25) is 17.7 Å². The molecule has 0 aliphatic carbocycles. The molecule has 0 saturated heterocycles. The van der Waals surface area contributed by atoms with E-state index in [1.54, 1.807) is 24.3 Å². The molecule has 3 unspecified atom stereocenters. The number of hydrogen-bond acceptors (Lipinski definition) is 7. The van der Waals surface area contributed by atoms with Crippen molar-refractivity contribution in [2.45, 2.75) is 37.9 Å². The van der Waals surface area contributed by atoms with E-state index in [0.717, 1.165) is 0 Å². The lowest BCUT2D eigenvalue weighted by Crippen LogP contribution is -2.56. The van der Waals surface area contributed by atoms with Crippen LogP contribution in [0.3, 0.4) is 0 Å². The number of aromatic hydroxyl groups is 2. The summed E-state index contributed by atoms with van der Waals surface area (Å²) in [5.41, 5.74) is 7.35. The van der Waals surface area contributed by atoms with Gasteiger partial charge in [0.05, 0.1) is 6.04 Å². The van der Waals surface area contributed by atoms with Gasteiger partial charge in [-0.1, -0.05) is 24.3 Å². The molecule has 182 valence electrons. The molecule has 34 heavy (non-hydrogen) atoms. The molecular formula is C23H28N4O7. The molecule has 0 aliphatic heterocycles. The van der Waals surface area contributed by atoms with E-state index in [0.29, 0.717) is 11.1 Å². The summed E-state index contributed by atoms with van der Waals surface area (Å²) in [5.74, 6) is -3.09. The number of phenols is 2. The van der Waals surface area contributed by atoms with Crippen molar-refractivity contribution >= 4 is 23.7 Å². The minimum Gasteiger partial charge on any atom is -0.508 e. The Kier molecular flexibility index (Phi) is 9.38. The largest absolute Gasteiger partial charge is 0.508 e. The van der Waals surface area contributed by atoms with Crippen LogP contribution in [0.5, 0.6) is 11.5 Å². The Labute approximate surface area is 196 Å². The van der Waals surface area contributed by atoms with Crippen molar-refractivity contribution in [3.05, 3.63) is 59.7 Å². The van der Waals surface area contributed by atoms with Gasteiger partial charge in [-0.3, -0.25) is 19.2 Å². The van der Waals surface area contributed by atoms with Crippen molar-refractivity contribution in [2.75, 3.05) is 6.54 Å². The second-order valence-corrected chi connectivity index (χ2v) is 7.75. The first-order valence-corrected chi connectivity index (χ1v) is 10.5.